The fraction of sp³-hybridized carbons (Fsp3) is 0. The first kappa shape index (κ1) is 10.5. The standard InChI is InChI=1S/C15H8FNO/c16-12-5-3-4-11(10-12)8-9-15-17-13-6-1-2-7-14(13)18-15/h1-7,10H. The molecule has 0 bridgehead atoms. The van der Waals surface area contributed by atoms with Gasteiger partial charge >= 0.3 is 0 Å². The summed E-state index contributed by atoms with van der Waals surface area (Å²) in [5, 5.41) is 0. The highest BCUT2D eigenvalue weighted by molar-refractivity contribution is 5.72. The van der Waals surface area contributed by atoms with Crippen LogP contribution in [0.5, 0.6) is 0 Å². The van der Waals surface area contributed by atoms with Crippen LogP contribution in [0.4, 0.5) is 4.39 Å². The van der Waals surface area contributed by atoms with Gasteiger partial charge in [0.05, 0.1) is 0 Å². The highest BCUT2D eigenvalue weighted by Gasteiger charge is 2.01. The number of para-hydroxylation sites is 2. The molecule has 0 aliphatic carbocycles. The van der Waals surface area contributed by atoms with Crippen molar-refractivity contribution in [3.8, 4) is 11.8 Å². The van der Waals surface area contributed by atoms with Gasteiger partial charge in [0.25, 0.3) is 5.89 Å². The van der Waals surface area contributed by atoms with Crippen LogP contribution in [0.15, 0.2) is 52.9 Å². The van der Waals surface area contributed by atoms with Gasteiger partial charge in [0.15, 0.2) is 5.58 Å². The lowest BCUT2D eigenvalue weighted by Gasteiger charge is -1.88. The van der Waals surface area contributed by atoms with E-state index in [1.54, 1.807) is 12.1 Å². The van der Waals surface area contributed by atoms with Crippen LogP contribution in [-0.2, 0) is 0 Å². The molecule has 0 radical (unpaired) electrons. The molecule has 1 heterocycles. The van der Waals surface area contributed by atoms with Gasteiger partial charge in [-0.2, -0.15) is 0 Å². The minimum Gasteiger partial charge on any atom is -0.430 e. The van der Waals surface area contributed by atoms with E-state index in [0.29, 0.717) is 17.0 Å². The van der Waals surface area contributed by atoms with Crippen molar-refractivity contribution in [1.82, 2.24) is 4.98 Å². The molecule has 0 amide bonds. The third kappa shape index (κ3) is 2.09. The number of hydrogen-bond acceptors (Lipinski definition) is 2. The van der Waals surface area contributed by atoms with Gasteiger partial charge in [-0.3, -0.25) is 0 Å². The van der Waals surface area contributed by atoms with Crippen LogP contribution in [0, 0.1) is 17.7 Å². The van der Waals surface area contributed by atoms with Crippen molar-refractivity contribution in [2.45, 2.75) is 0 Å². The number of oxazole rings is 1. The second kappa shape index (κ2) is 4.34. The first-order valence-corrected chi connectivity index (χ1v) is 5.44. The van der Waals surface area contributed by atoms with Gasteiger partial charge in [0.2, 0.25) is 0 Å². The number of aromatic nitrogens is 1. The zero-order valence-corrected chi connectivity index (χ0v) is 9.35. The van der Waals surface area contributed by atoms with Crippen LogP contribution < -0.4 is 0 Å². The molecule has 0 saturated heterocycles. The zero-order chi connectivity index (χ0) is 12.4. The van der Waals surface area contributed by atoms with Crippen molar-refractivity contribution < 1.29 is 8.81 Å². The van der Waals surface area contributed by atoms with Gasteiger partial charge in [-0.15, -0.1) is 0 Å². The van der Waals surface area contributed by atoms with Crippen molar-refractivity contribution in [1.29, 1.82) is 0 Å². The third-order valence-corrected chi connectivity index (χ3v) is 2.43. The molecule has 0 atom stereocenters. The van der Waals surface area contributed by atoms with Gasteiger partial charge in [0.1, 0.15) is 11.3 Å². The Morgan fingerprint density at radius 1 is 1.00 bits per heavy atom. The van der Waals surface area contributed by atoms with Crippen molar-refractivity contribution in [2.24, 2.45) is 0 Å². The van der Waals surface area contributed by atoms with Gasteiger partial charge < -0.3 is 4.42 Å². The van der Waals surface area contributed by atoms with E-state index in [1.165, 1.54) is 12.1 Å². The largest absolute Gasteiger partial charge is 0.430 e. The molecular weight excluding hydrogens is 229 g/mol. The molecule has 0 spiro atoms. The molecule has 0 aliphatic rings. The van der Waals surface area contributed by atoms with Crippen LogP contribution in [0.1, 0.15) is 11.5 Å². The maximum atomic E-state index is 13.0. The fourth-order valence-corrected chi connectivity index (χ4v) is 1.62. The molecule has 0 aliphatic heterocycles. The number of nitrogens with zero attached hydrogens (tertiary/aromatic N) is 1. The Bertz CT molecular complexity index is 732. The van der Waals surface area contributed by atoms with Crippen molar-refractivity contribution in [3.63, 3.8) is 0 Å². The molecule has 0 N–H and O–H groups in total. The molecule has 86 valence electrons. The van der Waals surface area contributed by atoms with E-state index in [4.69, 9.17) is 4.42 Å². The van der Waals surface area contributed by atoms with Crippen molar-refractivity contribution in [3.05, 3.63) is 65.8 Å². The predicted octanol–water partition coefficient (Wildman–Crippen LogP) is 3.37. The summed E-state index contributed by atoms with van der Waals surface area (Å²) >= 11 is 0. The van der Waals surface area contributed by atoms with E-state index in [0.717, 1.165) is 5.52 Å². The lowest BCUT2D eigenvalue weighted by Crippen LogP contribution is -1.78. The van der Waals surface area contributed by atoms with Crippen molar-refractivity contribution >= 4 is 11.1 Å². The molecule has 2 nitrogen and oxygen atoms in total. The molecule has 0 saturated carbocycles. The Labute approximate surface area is 103 Å². The first-order chi connectivity index (χ1) is 8.81. The maximum absolute atomic E-state index is 13.0. The van der Waals surface area contributed by atoms with Gasteiger partial charge in [-0.25, -0.2) is 9.37 Å². The monoisotopic (exact) mass is 237 g/mol. The average Bonchev–Trinajstić information content (AvgIpc) is 2.79. The summed E-state index contributed by atoms with van der Waals surface area (Å²) in [6, 6.07) is 13.5. The summed E-state index contributed by atoms with van der Waals surface area (Å²) in [7, 11) is 0. The lowest BCUT2D eigenvalue weighted by molar-refractivity contribution is 0.586. The summed E-state index contributed by atoms with van der Waals surface area (Å²) in [4.78, 5) is 4.22. The Morgan fingerprint density at radius 3 is 2.72 bits per heavy atom. The lowest BCUT2D eigenvalue weighted by atomic mass is 10.2. The molecule has 0 fully saturated rings. The maximum Gasteiger partial charge on any atom is 0.274 e. The SMILES string of the molecule is Fc1cccc(C#Cc2nc3ccccc3o2)c1. The molecule has 2 aromatic carbocycles. The zero-order valence-electron chi connectivity index (χ0n) is 9.35. The number of rotatable bonds is 0. The van der Waals surface area contributed by atoms with E-state index in [9.17, 15) is 4.39 Å². The average molecular weight is 237 g/mol. The quantitative estimate of drug-likeness (QED) is 0.560. The van der Waals surface area contributed by atoms with E-state index in [-0.39, 0.29) is 5.82 Å². The normalized spacial score (nSPS) is 10.1. The number of hydrogen-bond donors (Lipinski definition) is 0. The first-order valence-electron chi connectivity index (χ1n) is 5.44. The van der Waals surface area contributed by atoms with E-state index >= 15 is 0 Å². The topological polar surface area (TPSA) is 26.0 Å². The second-order valence-electron chi connectivity index (χ2n) is 3.75. The Kier molecular flexibility index (Phi) is 2.54. The summed E-state index contributed by atoms with van der Waals surface area (Å²) in [5.74, 6) is 5.63. The second-order valence-corrected chi connectivity index (χ2v) is 3.75. The third-order valence-electron chi connectivity index (χ3n) is 2.43. The summed E-state index contributed by atoms with van der Waals surface area (Å²) in [5.41, 5.74) is 2.05. The number of fused-ring (bicyclic) bond motifs is 1. The van der Waals surface area contributed by atoms with Gasteiger partial charge in [-0.05, 0) is 36.3 Å². The van der Waals surface area contributed by atoms with E-state index < -0.39 is 0 Å². The van der Waals surface area contributed by atoms with Crippen molar-refractivity contribution in [2.75, 3.05) is 0 Å². The van der Waals surface area contributed by atoms with Crippen LogP contribution in [-0.4, -0.2) is 4.98 Å². The fourth-order valence-electron chi connectivity index (χ4n) is 1.62. The smallest absolute Gasteiger partial charge is 0.274 e. The van der Waals surface area contributed by atoms with Crippen LogP contribution in [0.3, 0.4) is 0 Å². The molecule has 1 aromatic heterocycles. The summed E-state index contributed by atoms with van der Waals surface area (Å²) < 4.78 is 18.4. The predicted molar refractivity (Wildman–Crippen MR) is 66.4 cm³/mol. The minimum atomic E-state index is -0.306. The molecule has 3 heteroatoms. The number of halogens is 1. The summed E-state index contributed by atoms with van der Waals surface area (Å²) in [6.07, 6.45) is 0. The van der Waals surface area contributed by atoms with E-state index in [1.807, 2.05) is 24.3 Å². The number of benzene rings is 2. The minimum absolute atomic E-state index is 0.306. The Hall–Kier alpha value is -2.60. The van der Waals surface area contributed by atoms with Crippen LogP contribution in [0.2, 0.25) is 0 Å². The Morgan fingerprint density at radius 2 is 1.89 bits per heavy atom. The van der Waals surface area contributed by atoms with Gasteiger partial charge in [-0.1, -0.05) is 24.1 Å². The van der Waals surface area contributed by atoms with Gasteiger partial charge in [0, 0.05) is 5.56 Å². The highest BCUT2D eigenvalue weighted by atomic mass is 19.1. The van der Waals surface area contributed by atoms with E-state index in [2.05, 4.69) is 16.8 Å². The summed E-state index contributed by atoms with van der Waals surface area (Å²) in [6.45, 7) is 0. The highest BCUT2D eigenvalue weighted by Crippen LogP contribution is 2.13. The Balaban J connectivity index is 1.97. The molecule has 3 rings (SSSR count). The van der Waals surface area contributed by atoms with Crippen LogP contribution in [0.25, 0.3) is 11.1 Å². The van der Waals surface area contributed by atoms with Crippen LogP contribution >= 0.6 is 0 Å². The molecular formula is C15H8FNO. The molecule has 0 unspecified atom stereocenters. The molecule has 18 heavy (non-hydrogen) atoms. The molecule has 3 aromatic rings.